The lowest BCUT2D eigenvalue weighted by atomic mass is 10.1. The van der Waals surface area contributed by atoms with Crippen LogP contribution < -0.4 is 4.74 Å². The van der Waals surface area contributed by atoms with Crippen LogP contribution in [0.2, 0.25) is 0 Å². The van der Waals surface area contributed by atoms with Crippen LogP contribution in [0.3, 0.4) is 0 Å². The molecule has 0 bridgehead atoms. The van der Waals surface area contributed by atoms with Gasteiger partial charge in [-0.05, 0) is 18.2 Å². The van der Waals surface area contributed by atoms with Crippen molar-refractivity contribution in [2.45, 2.75) is 18.9 Å². The van der Waals surface area contributed by atoms with Crippen molar-refractivity contribution < 1.29 is 24.2 Å². The maximum atomic E-state index is 11.4. The molecular formula is C17H20O5. The van der Waals surface area contributed by atoms with Crippen LogP contribution in [-0.2, 0) is 14.3 Å². The maximum absolute atomic E-state index is 11.4. The Morgan fingerprint density at radius 2 is 1.95 bits per heavy atom. The summed E-state index contributed by atoms with van der Waals surface area (Å²) >= 11 is 0. The Bertz CT molecular complexity index is 519. The van der Waals surface area contributed by atoms with E-state index in [1.165, 1.54) is 13.2 Å². The van der Waals surface area contributed by atoms with E-state index in [2.05, 4.69) is 4.74 Å². The van der Waals surface area contributed by atoms with Crippen LogP contribution >= 0.6 is 0 Å². The highest BCUT2D eigenvalue weighted by Gasteiger charge is 2.12. The van der Waals surface area contributed by atoms with E-state index in [0.29, 0.717) is 6.61 Å². The molecule has 0 spiro atoms. The number of hydrogen-bond acceptors (Lipinski definition) is 5. The monoisotopic (exact) mass is 304 g/mol. The van der Waals surface area contributed by atoms with Crippen LogP contribution in [0.25, 0.3) is 0 Å². The first-order valence-electron chi connectivity index (χ1n) is 6.89. The number of aliphatic hydroxyl groups is 1. The number of methoxy groups -OCH3 is 1. The van der Waals surface area contributed by atoms with Gasteiger partial charge in [0.1, 0.15) is 24.6 Å². The average Bonchev–Trinajstić information content (AvgIpc) is 2.51. The summed E-state index contributed by atoms with van der Waals surface area (Å²) in [5.74, 6) is -0.177. The van der Waals surface area contributed by atoms with Gasteiger partial charge in [-0.25, -0.2) is 0 Å². The third-order valence-electron chi connectivity index (χ3n) is 2.68. The second-order valence-electron chi connectivity index (χ2n) is 4.50. The van der Waals surface area contributed by atoms with Gasteiger partial charge >= 0.3 is 5.97 Å². The number of para-hydroxylation sites is 1. The van der Waals surface area contributed by atoms with Crippen molar-refractivity contribution in [1.82, 2.24) is 0 Å². The number of benzene rings is 1. The summed E-state index contributed by atoms with van der Waals surface area (Å²) in [5, 5.41) is 9.61. The van der Waals surface area contributed by atoms with Gasteiger partial charge < -0.3 is 14.6 Å². The molecule has 1 rings (SSSR count). The Kier molecular flexibility index (Phi) is 8.30. The van der Waals surface area contributed by atoms with Gasteiger partial charge in [0.05, 0.1) is 13.2 Å². The van der Waals surface area contributed by atoms with E-state index in [9.17, 15) is 14.7 Å². The van der Waals surface area contributed by atoms with E-state index in [0.717, 1.165) is 5.75 Å². The van der Waals surface area contributed by atoms with E-state index in [1.54, 1.807) is 18.2 Å². The van der Waals surface area contributed by atoms with Gasteiger partial charge in [-0.1, -0.05) is 36.4 Å². The Hall–Kier alpha value is -2.40. The first-order chi connectivity index (χ1) is 10.6. The Morgan fingerprint density at radius 1 is 1.23 bits per heavy atom. The number of hydrogen-bond donors (Lipinski definition) is 1. The Labute approximate surface area is 129 Å². The molecule has 0 aliphatic heterocycles. The highest BCUT2D eigenvalue weighted by atomic mass is 16.5. The number of ether oxygens (including phenoxy) is 2. The molecule has 0 saturated carbocycles. The van der Waals surface area contributed by atoms with E-state index >= 15 is 0 Å². The smallest absolute Gasteiger partial charge is 0.313 e. The van der Waals surface area contributed by atoms with E-state index in [4.69, 9.17) is 4.74 Å². The van der Waals surface area contributed by atoms with Gasteiger partial charge in [-0.2, -0.15) is 0 Å². The maximum Gasteiger partial charge on any atom is 0.313 e. The lowest BCUT2D eigenvalue weighted by Gasteiger charge is -2.03. The first-order valence-corrected chi connectivity index (χ1v) is 6.89. The number of rotatable bonds is 9. The van der Waals surface area contributed by atoms with E-state index < -0.39 is 12.1 Å². The molecule has 0 radical (unpaired) electrons. The molecule has 0 saturated heterocycles. The molecule has 0 aromatic heterocycles. The normalized spacial score (nSPS) is 12.5. The highest BCUT2D eigenvalue weighted by molar-refractivity contribution is 5.95. The van der Waals surface area contributed by atoms with Crippen LogP contribution in [0.1, 0.15) is 12.8 Å². The van der Waals surface area contributed by atoms with Gasteiger partial charge in [0.2, 0.25) is 0 Å². The van der Waals surface area contributed by atoms with E-state index in [1.807, 2.05) is 30.3 Å². The van der Waals surface area contributed by atoms with Gasteiger partial charge in [-0.15, -0.1) is 0 Å². The summed E-state index contributed by atoms with van der Waals surface area (Å²) in [6, 6.07) is 9.41. The standard InChI is InChI=1S/C17H20O5/c1-21-17(20)13-15(19)12-14(18)8-4-3-7-11-22-16-9-5-2-6-10-16/h2-10,14,18H,11-13H2,1H3/b7-3+,8-4+. The molecule has 1 N–H and O–H groups in total. The largest absolute Gasteiger partial charge is 0.490 e. The van der Waals surface area contributed by atoms with Gasteiger partial charge in [0, 0.05) is 6.42 Å². The molecule has 0 fully saturated rings. The summed E-state index contributed by atoms with van der Waals surface area (Å²) in [7, 11) is 1.22. The van der Waals surface area contributed by atoms with Crippen LogP contribution in [0.4, 0.5) is 0 Å². The van der Waals surface area contributed by atoms with Crippen LogP contribution in [-0.4, -0.2) is 36.7 Å². The molecule has 118 valence electrons. The molecule has 0 aliphatic rings. The zero-order valence-corrected chi connectivity index (χ0v) is 12.5. The van der Waals surface area contributed by atoms with Crippen LogP contribution in [0.5, 0.6) is 5.75 Å². The summed E-state index contributed by atoms with van der Waals surface area (Å²) in [5.41, 5.74) is 0. The lowest BCUT2D eigenvalue weighted by molar-refractivity contribution is -0.143. The topological polar surface area (TPSA) is 72.8 Å². The zero-order valence-electron chi connectivity index (χ0n) is 12.5. The summed E-state index contributed by atoms with van der Waals surface area (Å²) in [4.78, 5) is 22.3. The average molecular weight is 304 g/mol. The minimum absolute atomic E-state index is 0.111. The second-order valence-corrected chi connectivity index (χ2v) is 4.50. The van der Waals surface area contributed by atoms with Crippen molar-refractivity contribution in [3.05, 3.63) is 54.6 Å². The molecule has 5 nitrogen and oxygen atoms in total. The molecule has 1 aromatic rings. The lowest BCUT2D eigenvalue weighted by Crippen LogP contribution is -2.15. The third kappa shape index (κ3) is 8.01. The molecular weight excluding hydrogens is 284 g/mol. The minimum Gasteiger partial charge on any atom is -0.490 e. The summed E-state index contributed by atoms with van der Waals surface area (Å²) < 4.78 is 9.82. The van der Waals surface area contributed by atoms with Crippen molar-refractivity contribution in [2.24, 2.45) is 0 Å². The highest BCUT2D eigenvalue weighted by Crippen LogP contribution is 2.07. The molecule has 0 amide bonds. The molecule has 1 unspecified atom stereocenters. The van der Waals surface area contributed by atoms with Crippen molar-refractivity contribution in [2.75, 3.05) is 13.7 Å². The van der Waals surface area contributed by atoms with Crippen molar-refractivity contribution in [1.29, 1.82) is 0 Å². The summed E-state index contributed by atoms with van der Waals surface area (Å²) in [6.07, 6.45) is 5.27. The number of carbonyl (C=O) groups excluding carboxylic acids is 2. The number of allylic oxidation sites excluding steroid dienone is 2. The van der Waals surface area contributed by atoms with Crippen LogP contribution in [0, 0.1) is 0 Å². The van der Waals surface area contributed by atoms with E-state index in [-0.39, 0.29) is 18.6 Å². The molecule has 0 heterocycles. The number of ketones is 1. The second kappa shape index (κ2) is 10.3. The van der Waals surface area contributed by atoms with Crippen molar-refractivity contribution in [3.8, 4) is 5.75 Å². The van der Waals surface area contributed by atoms with Gasteiger partial charge in [0.25, 0.3) is 0 Å². The predicted molar refractivity (Wildman–Crippen MR) is 82.5 cm³/mol. The van der Waals surface area contributed by atoms with Gasteiger partial charge in [-0.3, -0.25) is 9.59 Å². The molecule has 22 heavy (non-hydrogen) atoms. The summed E-state index contributed by atoms with van der Waals surface area (Å²) in [6.45, 7) is 0.408. The SMILES string of the molecule is COC(=O)CC(=O)CC(O)/C=C/C=C/COc1ccccc1. The first kappa shape index (κ1) is 17.7. The molecule has 0 aliphatic carbocycles. The Morgan fingerprint density at radius 3 is 2.64 bits per heavy atom. The van der Waals surface area contributed by atoms with Crippen molar-refractivity contribution >= 4 is 11.8 Å². The van der Waals surface area contributed by atoms with Crippen molar-refractivity contribution in [3.63, 3.8) is 0 Å². The molecule has 1 aromatic carbocycles. The predicted octanol–water partition coefficient (Wildman–Crippen LogP) is 2.06. The third-order valence-corrected chi connectivity index (χ3v) is 2.68. The molecule has 1 atom stereocenters. The molecule has 5 heteroatoms. The minimum atomic E-state index is -0.920. The number of Topliss-reactive ketones (excluding diaryl/α,β-unsaturated/α-hetero) is 1. The number of carbonyl (C=O) groups is 2. The van der Waals surface area contributed by atoms with Crippen LogP contribution in [0.15, 0.2) is 54.6 Å². The fourth-order valence-electron chi connectivity index (χ4n) is 1.59. The fourth-order valence-corrected chi connectivity index (χ4v) is 1.59. The quantitative estimate of drug-likeness (QED) is 0.429. The fraction of sp³-hybridized carbons (Fsp3) is 0.294. The number of esters is 1. The number of aliphatic hydroxyl groups excluding tert-OH is 1. The zero-order chi connectivity index (χ0) is 16.2. The Balaban J connectivity index is 2.22. The van der Waals surface area contributed by atoms with Gasteiger partial charge in [0.15, 0.2) is 0 Å².